The highest BCUT2D eigenvalue weighted by Crippen LogP contribution is 2.13. The Kier molecular flexibility index (Phi) is 7.50. The van der Waals surface area contributed by atoms with E-state index in [9.17, 15) is 9.90 Å². The van der Waals surface area contributed by atoms with Gasteiger partial charge in [-0.3, -0.25) is 9.78 Å². The predicted molar refractivity (Wildman–Crippen MR) is 116 cm³/mol. The average Bonchev–Trinajstić information content (AvgIpc) is 2.74. The second kappa shape index (κ2) is 10.5. The number of aryl methyl sites for hydroxylation is 1. The normalized spacial score (nSPS) is 11.8. The molecular formula is C24H27N3O2. The van der Waals surface area contributed by atoms with Gasteiger partial charge in [0.25, 0.3) is 0 Å². The van der Waals surface area contributed by atoms with Crippen LogP contribution in [0.3, 0.4) is 0 Å². The van der Waals surface area contributed by atoms with Crippen molar-refractivity contribution in [2.45, 2.75) is 25.9 Å². The Labute approximate surface area is 171 Å². The van der Waals surface area contributed by atoms with E-state index in [1.165, 1.54) is 5.56 Å². The van der Waals surface area contributed by atoms with E-state index in [0.29, 0.717) is 6.54 Å². The summed E-state index contributed by atoms with van der Waals surface area (Å²) in [6.07, 6.45) is 2.32. The monoisotopic (exact) mass is 389 g/mol. The molecule has 3 rings (SSSR count). The lowest BCUT2D eigenvalue weighted by Gasteiger charge is -2.12. The van der Waals surface area contributed by atoms with Crippen LogP contribution in [-0.2, 0) is 17.6 Å². The van der Waals surface area contributed by atoms with Gasteiger partial charge in [-0.2, -0.15) is 0 Å². The highest BCUT2D eigenvalue weighted by atomic mass is 16.3. The Balaban J connectivity index is 1.40. The van der Waals surface area contributed by atoms with Crippen molar-refractivity contribution in [3.05, 3.63) is 95.3 Å². The second-order valence-electron chi connectivity index (χ2n) is 7.07. The van der Waals surface area contributed by atoms with Crippen LogP contribution in [0, 0.1) is 6.92 Å². The number of rotatable bonds is 9. The average molecular weight is 389 g/mol. The van der Waals surface area contributed by atoms with Gasteiger partial charge >= 0.3 is 0 Å². The van der Waals surface area contributed by atoms with Crippen molar-refractivity contribution in [2.75, 3.05) is 18.4 Å². The van der Waals surface area contributed by atoms with E-state index in [0.717, 1.165) is 35.5 Å². The number of aliphatic hydroxyl groups is 1. The van der Waals surface area contributed by atoms with E-state index >= 15 is 0 Å². The van der Waals surface area contributed by atoms with Crippen LogP contribution >= 0.6 is 0 Å². The number of benzene rings is 2. The van der Waals surface area contributed by atoms with E-state index in [-0.39, 0.29) is 12.3 Å². The van der Waals surface area contributed by atoms with Crippen molar-refractivity contribution >= 4 is 11.6 Å². The number of amides is 1. The summed E-state index contributed by atoms with van der Waals surface area (Å²) in [6, 6.07) is 21.3. The number of nitrogens with one attached hydrogen (secondary N) is 2. The van der Waals surface area contributed by atoms with Gasteiger partial charge in [-0.15, -0.1) is 0 Å². The maximum absolute atomic E-state index is 12.2. The number of aromatic nitrogens is 1. The first kappa shape index (κ1) is 20.7. The molecule has 1 aromatic heterocycles. The zero-order valence-corrected chi connectivity index (χ0v) is 16.6. The summed E-state index contributed by atoms with van der Waals surface area (Å²) in [7, 11) is 0. The van der Waals surface area contributed by atoms with Crippen LogP contribution in [0.5, 0.6) is 0 Å². The third-order valence-electron chi connectivity index (χ3n) is 4.80. The first-order valence-corrected chi connectivity index (χ1v) is 9.85. The van der Waals surface area contributed by atoms with Crippen molar-refractivity contribution in [1.82, 2.24) is 10.3 Å². The lowest BCUT2D eigenvalue weighted by molar-refractivity contribution is -0.115. The molecule has 5 nitrogen and oxygen atoms in total. The van der Waals surface area contributed by atoms with Crippen LogP contribution in [0.1, 0.15) is 28.5 Å². The molecular weight excluding hydrogens is 362 g/mol. The van der Waals surface area contributed by atoms with E-state index < -0.39 is 6.10 Å². The summed E-state index contributed by atoms with van der Waals surface area (Å²) in [5.74, 6) is -0.0730. The van der Waals surface area contributed by atoms with Crippen LogP contribution in [-0.4, -0.2) is 29.1 Å². The topological polar surface area (TPSA) is 74.2 Å². The van der Waals surface area contributed by atoms with Crippen LogP contribution in [0.4, 0.5) is 5.69 Å². The van der Waals surface area contributed by atoms with Crippen LogP contribution in [0.2, 0.25) is 0 Å². The summed E-state index contributed by atoms with van der Waals surface area (Å²) in [5.41, 5.74) is 4.68. The molecule has 0 saturated carbocycles. The van der Waals surface area contributed by atoms with Crippen molar-refractivity contribution in [3.63, 3.8) is 0 Å². The molecule has 0 bridgehead atoms. The van der Waals surface area contributed by atoms with Crippen molar-refractivity contribution in [2.24, 2.45) is 0 Å². The molecule has 150 valence electrons. The summed E-state index contributed by atoms with van der Waals surface area (Å²) in [4.78, 5) is 16.5. The van der Waals surface area contributed by atoms with Crippen LogP contribution in [0.25, 0.3) is 0 Å². The van der Waals surface area contributed by atoms with E-state index in [1.807, 2.05) is 73.7 Å². The zero-order chi connectivity index (χ0) is 20.5. The van der Waals surface area contributed by atoms with Gasteiger partial charge in [0.05, 0.1) is 18.2 Å². The maximum atomic E-state index is 12.2. The predicted octanol–water partition coefficient (Wildman–Crippen LogP) is 3.44. The van der Waals surface area contributed by atoms with Gasteiger partial charge in [0.15, 0.2) is 0 Å². The zero-order valence-electron chi connectivity index (χ0n) is 16.6. The molecule has 1 heterocycles. The minimum Gasteiger partial charge on any atom is -0.387 e. The third-order valence-corrected chi connectivity index (χ3v) is 4.80. The van der Waals surface area contributed by atoms with Crippen molar-refractivity contribution in [3.8, 4) is 0 Å². The Hall–Kier alpha value is -3.02. The number of pyridine rings is 1. The molecule has 5 heteroatoms. The molecule has 3 aromatic rings. The molecule has 1 atom stereocenters. The van der Waals surface area contributed by atoms with Crippen LogP contribution in [0.15, 0.2) is 72.9 Å². The summed E-state index contributed by atoms with van der Waals surface area (Å²) < 4.78 is 0. The van der Waals surface area contributed by atoms with E-state index in [2.05, 4.69) is 15.6 Å². The standard InChI is InChI=1S/C24H27N3O2/c1-18-6-5-14-26-22(18)16-24(29)27-21-11-9-19(10-12-21)13-15-25-17-23(28)20-7-3-2-4-8-20/h2-12,14,23,25,28H,13,15-17H2,1H3,(H,27,29)/t23-/m0/s1. The summed E-state index contributed by atoms with van der Waals surface area (Å²) >= 11 is 0. The Morgan fingerprint density at radius 3 is 2.52 bits per heavy atom. The molecule has 0 radical (unpaired) electrons. The summed E-state index contributed by atoms with van der Waals surface area (Å²) in [5, 5.41) is 16.4. The number of carbonyl (C=O) groups excluding carboxylic acids is 1. The quantitative estimate of drug-likeness (QED) is 0.490. The highest BCUT2D eigenvalue weighted by molar-refractivity contribution is 5.92. The minimum absolute atomic E-state index is 0.0730. The Morgan fingerprint density at radius 1 is 1.03 bits per heavy atom. The fourth-order valence-electron chi connectivity index (χ4n) is 3.08. The highest BCUT2D eigenvalue weighted by Gasteiger charge is 2.08. The number of carbonyl (C=O) groups is 1. The molecule has 0 unspecified atom stereocenters. The molecule has 2 aromatic carbocycles. The van der Waals surface area contributed by atoms with E-state index in [1.54, 1.807) is 6.20 Å². The van der Waals surface area contributed by atoms with Crippen molar-refractivity contribution < 1.29 is 9.90 Å². The van der Waals surface area contributed by atoms with E-state index in [4.69, 9.17) is 0 Å². The lowest BCUT2D eigenvalue weighted by Crippen LogP contribution is -2.23. The Morgan fingerprint density at radius 2 is 1.79 bits per heavy atom. The van der Waals surface area contributed by atoms with Gasteiger partial charge in [-0.25, -0.2) is 0 Å². The van der Waals surface area contributed by atoms with Gasteiger partial charge in [-0.1, -0.05) is 48.5 Å². The number of anilines is 1. The molecule has 0 spiro atoms. The molecule has 1 amide bonds. The molecule has 29 heavy (non-hydrogen) atoms. The number of aliphatic hydroxyl groups excluding tert-OH is 1. The first-order valence-electron chi connectivity index (χ1n) is 9.85. The largest absolute Gasteiger partial charge is 0.387 e. The molecule has 0 saturated heterocycles. The minimum atomic E-state index is -0.503. The molecule has 0 fully saturated rings. The fraction of sp³-hybridized carbons (Fsp3) is 0.250. The van der Waals surface area contributed by atoms with Gasteiger partial charge < -0.3 is 15.7 Å². The number of nitrogens with zero attached hydrogens (tertiary/aromatic N) is 1. The molecule has 3 N–H and O–H groups in total. The number of hydrogen-bond donors (Lipinski definition) is 3. The first-order chi connectivity index (χ1) is 14.1. The lowest BCUT2D eigenvalue weighted by atomic mass is 10.1. The van der Waals surface area contributed by atoms with Gasteiger partial charge in [0.2, 0.25) is 5.91 Å². The maximum Gasteiger partial charge on any atom is 0.230 e. The van der Waals surface area contributed by atoms with Crippen LogP contribution < -0.4 is 10.6 Å². The molecule has 0 aliphatic carbocycles. The number of hydrogen-bond acceptors (Lipinski definition) is 4. The SMILES string of the molecule is Cc1cccnc1CC(=O)Nc1ccc(CCNC[C@H](O)c2ccccc2)cc1. The fourth-order valence-corrected chi connectivity index (χ4v) is 3.08. The third kappa shape index (κ3) is 6.52. The van der Waals surface area contributed by atoms with Gasteiger partial charge in [-0.05, 0) is 54.8 Å². The van der Waals surface area contributed by atoms with Crippen molar-refractivity contribution in [1.29, 1.82) is 0 Å². The van der Waals surface area contributed by atoms with Gasteiger partial charge in [0.1, 0.15) is 0 Å². The Bertz CT molecular complexity index is 911. The molecule has 0 aliphatic rings. The smallest absolute Gasteiger partial charge is 0.230 e. The van der Waals surface area contributed by atoms with Gasteiger partial charge in [0, 0.05) is 18.4 Å². The second-order valence-corrected chi connectivity index (χ2v) is 7.07. The molecule has 0 aliphatic heterocycles. The summed E-state index contributed by atoms with van der Waals surface area (Å²) in [6.45, 7) is 3.25.